The molecule has 2 aromatic carbocycles. The third-order valence-corrected chi connectivity index (χ3v) is 4.51. The molecule has 0 radical (unpaired) electrons. The van der Waals surface area contributed by atoms with E-state index in [-0.39, 0.29) is 17.6 Å². The van der Waals surface area contributed by atoms with Gasteiger partial charge in [0.05, 0.1) is 5.56 Å². The van der Waals surface area contributed by atoms with Crippen LogP contribution in [0.25, 0.3) is 0 Å². The van der Waals surface area contributed by atoms with Crippen molar-refractivity contribution in [2.45, 2.75) is 13.3 Å². The first-order valence-electron chi connectivity index (χ1n) is 7.86. The van der Waals surface area contributed by atoms with Gasteiger partial charge in [-0.25, -0.2) is 0 Å². The fourth-order valence-corrected chi connectivity index (χ4v) is 2.76. The number of hydrogen-bond acceptors (Lipinski definition) is 4. The van der Waals surface area contributed by atoms with Crippen molar-refractivity contribution in [3.63, 3.8) is 0 Å². The van der Waals surface area contributed by atoms with Crippen LogP contribution in [0.5, 0.6) is 5.75 Å². The lowest BCUT2D eigenvalue weighted by atomic mass is 10.2. The van der Waals surface area contributed by atoms with Gasteiger partial charge in [0.25, 0.3) is 11.8 Å². The quantitative estimate of drug-likeness (QED) is 0.346. The summed E-state index contributed by atoms with van der Waals surface area (Å²) in [7, 11) is 0. The average Bonchev–Trinajstić information content (AvgIpc) is 2.65. The van der Waals surface area contributed by atoms with E-state index in [4.69, 9.17) is 17.0 Å². The number of aryl methyl sites for hydroxylation is 1. The summed E-state index contributed by atoms with van der Waals surface area (Å²) in [6, 6.07) is 14.6. The second-order valence-corrected chi connectivity index (χ2v) is 6.79. The highest BCUT2D eigenvalue weighted by atomic mass is 127. The molecule has 136 valence electrons. The van der Waals surface area contributed by atoms with Gasteiger partial charge in [0.15, 0.2) is 11.7 Å². The minimum Gasteiger partial charge on any atom is -0.484 e. The number of halogens is 1. The van der Waals surface area contributed by atoms with Gasteiger partial charge >= 0.3 is 0 Å². The van der Waals surface area contributed by atoms with Gasteiger partial charge in [-0.2, -0.15) is 0 Å². The molecular formula is C18H18IN3O3S. The summed E-state index contributed by atoms with van der Waals surface area (Å²) in [5.41, 5.74) is 6.54. The summed E-state index contributed by atoms with van der Waals surface area (Å²) >= 11 is 7.06. The molecule has 0 aliphatic carbocycles. The Morgan fingerprint density at radius 2 is 1.77 bits per heavy atom. The Labute approximate surface area is 170 Å². The summed E-state index contributed by atoms with van der Waals surface area (Å²) < 4.78 is 6.18. The van der Waals surface area contributed by atoms with Crippen LogP contribution in [0.15, 0.2) is 48.5 Å². The molecule has 0 fully saturated rings. The number of hydrazine groups is 1. The van der Waals surface area contributed by atoms with Crippen LogP contribution in [0, 0.1) is 3.57 Å². The molecule has 2 amide bonds. The van der Waals surface area contributed by atoms with Crippen molar-refractivity contribution >= 4 is 51.7 Å². The summed E-state index contributed by atoms with van der Waals surface area (Å²) in [5.74, 6) is -0.170. The molecule has 0 unspecified atom stereocenters. The maximum Gasteiger partial charge on any atom is 0.276 e. The third kappa shape index (κ3) is 6.26. The van der Waals surface area contributed by atoms with Gasteiger partial charge in [-0.05, 0) is 71.1 Å². The number of nitrogens with one attached hydrogen (secondary N) is 3. The second kappa shape index (κ2) is 10.1. The number of benzene rings is 2. The Kier molecular flexibility index (Phi) is 7.79. The van der Waals surface area contributed by atoms with Crippen molar-refractivity contribution in [3.05, 3.63) is 63.2 Å². The zero-order chi connectivity index (χ0) is 18.9. The second-order valence-electron chi connectivity index (χ2n) is 5.22. The van der Waals surface area contributed by atoms with E-state index in [2.05, 4.69) is 45.7 Å². The molecular weight excluding hydrogens is 465 g/mol. The number of thiocarbonyl (C=S) groups is 1. The van der Waals surface area contributed by atoms with Gasteiger partial charge in [-0.15, -0.1) is 0 Å². The topological polar surface area (TPSA) is 79.5 Å². The highest BCUT2D eigenvalue weighted by Crippen LogP contribution is 2.12. The van der Waals surface area contributed by atoms with Crippen molar-refractivity contribution in [2.24, 2.45) is 0 Å². The molecule has 0 spiro atoms. The van der Waals surface area contributed by atoms with Gasteiger partial charge in [0.1, 0.15) is 5.75 Å². The third-order valence-electron chi connectivity index (χ3n) is 3.36. The Balaban J connectivity index is 1.73. The maximum atomic E-state index is 12.1. The minimum atomic E-state index is -0.421. The average molecular weight is 483 g/mol. The van der Waals surface area contributed by atoms with Crippen LogP contribution in [0.1, 0.15) is 22.8 Å². The SMILES string of the molecule is CCc1ccc(OCC(=O)NNC(=S)NC(=O)c2ccccc2I)cc1. The van der Waals surface area contributed by atoms with E-state index in [0.717, 1.165) is 9.99 Å². The lowest BCUT2D eigenvalue weighted by Gasteiger charge is -2.12. The molecule has 8 heteroatoms. The number of carbonyl (C=O) groups excluding carboxylic acids is 2. The molecule has 0 aromatic heterocycles. The van der Waals surface area contributed by atoms with Gasteiger partial charge < -0.3 is 4.74 Å². The fraction of sp³-hybridized carbons (Fsp3) is 0.167. The van der Waals surface area contributed by atoms with E-state index >= 15 is 0 Å². The number of ether oxygens (including phenoxy) is 1. The van der Waals surface area contributed by atoms with Gasteiger partial charge in [-0.1, -0.05) is 31.2 Å². The van der Waals surface area contributed by atoms with Crippen molar-refractivity contribution in [1.29, 1.82) is 0 Å². The number of amides is 2. The highest BCUT2D eigenvalue weighted by molar-refractivity contribution is 14.1. The predicted molar refractivity (Wildman–Crippen MR) is 112 cm³/mol. The van der Waals surface area contributed by atoms with Crippen LogP contribution in [0.2, 0.25) is 0 Å². The van der Waals surface area contributed by atoms with Crippen molar-refractivity contribution in [1.82, 2.24) is 16.2 Å². The van der Waals surface area contributed by atoms with E-state index < -0.39 is 5.91 Å². The first-order valence-corrected chi connectivity index (χ1v) is 9.34. The first-order chi connectivity index (χ1) is 12.5. The van der Waals surface area contributed by atoms with Crippen LogP contribution in [0.3, 0.4) is 0 Å². The summed E-state index contributed by atoms with van der Waals surface area (Å²) in [6.07, 6.45) is 0.940. The molecule has 3 N–H and O–H groups in total. The zero-order valence-corrected chi connectivity index (χ0v) is 17.0. The molecule has 0 aliphatic heterocycles. The Bertz CT molecular complexity index is 797. The molecule has 2 rings (SSSR count). The molecule has 0 aliphatic rings. The molecule has 0 atom stereocenters. The number of hydrogen-bond donors (Lipinski definition) is 3. The van der Waals surface area contributed by atoms with Crippen LogP contribution < -0.4 is 20.9 Å². The zero-order valence-electron chi connectivity index (χ0n) is 14.0. The molecule has 26 heavy (non-hydrogen) atoms. The summed E-state index contributed by atoms with van der Waals surface area (Å²) in [4.78, 5) is 23.9. The van der Waals surface area contributed by atoms with Crippen molar-refractivity contribution in [3.8, 4) is 5.75 Å². The van der Waals surface area contributed by atoms with Gasteiger partial charge in [0, 0.05) is 3.57 Å². The largest absolute Gasteiger partial charge is 0.484 e. The lowest BCUT2D eigenvalue weighted by molar-refractivity contribution is -0.123. The Morgan fingerprint density at radius 1 is 1.08 bits per heavy atom. The first kappa shape index (κ1) is 20.1. The Morgan fingerprint density at radius 3 is 2.42 bits per heavy atom. The van der Waals surface area contributed by atoms with Crippen LogP contribution in [-0.2, 0) is 11.2 Å². The van der Waals surface area contributed by atoms with Crippen LogP contribution in [-0.4, -0.2) is 23.5 Å². The minimum absolute atomic E-state index is 0.00435. The van der Waals surface area contributed by atoms with E-state index in [0.29, 0.717) is 11.3 Å². The molecule has 0 saturated carbocycles. The van der Waals surface area contributed by atoms with E-state index in [1.165, 1.54) is 5.56 Å². The maximum absolute atomic E-state index is 12.1. The smallest absolute Gasteiger partial charge is 0.276 e. The van der Waals surface area contributed by atoms with Crippen molar-refractivity contribution in [2.75, 3.05) is 6.61 Å². The molecule has 0 heterocycles. The summed E-state index contributed by atoms with van der Waals surface area (Å²) in [5, 5.41) is 2.50. The van der Waals surface area contributed by atoms with Crippen molar-refractivity contribution < 1.29 is 14.3 Å². The monoisotopic (exact) mass is 483 g/mol. The fourth-order valence-electron chi connectivity index (χ4n) is 1.98. The standard InChI is InChI=1S/C18H18IN3O3S/c1-2-12-7-9-13(10-8-12)25-11-16(23)21-22-18(26)20-17(24)14-5-3-4-6-15(14)19/h3-10H,2,11H2,1H3,(H,21,23)(H2,20,22,24,26). The molecule has 6 nitrogen and oxygen atoms in total. The Hall–Kier alpha value is -2.20. The molecule has 0 bridgehead atoms. The molecule has 2 aromatic rings. The van der Waals surface area contributed by atoms with E-state index in [1.54, 1.807) is 12.1 Å². The van der Waals surface area contributed by atoms with Gasteiger partial charge in [0.2, 0.25) is 0 Å². The molecule has 0 saturated heterocycles. The normalized spacial score (nSPS) is 9.92. The number of rotatable bonds is 5. The highest BCUT2D eigenvalue weighted by Gasteiger charge is 2.11. The number of carbonyl (C=O) groups is 2. The summed E-state index contributed by atoms with van der Waals surface area (Å²) in [6.45, 7) is 1.89. The van der Waals surface area contributed by atoms with Crippen LogP contribution in [0.4, 0.5) is 0 Å². The van der Waals surface area contributed by atoms with E-state index in [1.807, 2.05) is 36.4 Å². The van der Waals surface area contributed by atoms with E-state index in [9.17, 15) is 9.59 Å². The predicted octanol–water partition coefficient (Wildman–Crippen LogP) is 2.57. The lowest BCUT2D eigenvalue weighted by Crippen LogP contribution is -2.49. The van der Waals surface area contributed by atoms with Gasteiger partial charge in [-0.3, -0.25) is 25.8 Å². The van der Waals surface area contributed by atoms with Crippen LogP contribution >= 0.6 is 34.8 Å².